The van der Waals surface area contributed by atoms with Crippen molar-refractivity contribution in [2.45, 2.75) is 49.5 Å². The van der Waals surface area contributed by atoms with Gasteiger partial charge in [-0.3, -0.25) is 9.36 Å². The molecular weight excluding hydrogens is 553 g/mol. The molecule has 5 aromatic rings. The molecule has 3 aromatic heterocycles. The summed E-state index contributed by atoms with van der Waals surface area (Å²) in [5.41, 5.74) is 2.54. The molecule has 0 spiro atoms. The summed E-state index contributed by atoms with van der Waals surface area (Å²) >= 11 is 5.86. The van der Waals surface area contributed by atoms with E-state index < -0.39 is 17.2 Å². The fraction of sp³-hybridized carbons (Fsp3) is 0.300. The third kappa shape index (κ3) is 4.41. The fourth-order valence-electron chi connectivity index (χ4n) is 6.12. The molecule has 210 valence electrons. The molecule has 2 aliphatic carbocycles. The zero-order valence-corrected chi connectivity index (χ0v) is 22.9. The number of aromatic amines is 1. The van der Waals surface area contributed by atoms with E-state index in [4.69, 9.17) is 11.6 Å². The number of alkyl halides is 2. The number of aromatic nitrogens is 5. The molecule has 0 amide bonds. The van der Waals surface area contributed by atoms with E-state index in [0.717, 1.165) is 29.5 Å². The Bertz CT molecular complexity index is 1860. The summed E-state index contributed by atoms with van der Waals surface area (Å²) in [5, 5.41) is 12.3. The highest BCUT2D eigenvalue weighted by Gasteiger charge is 2.60. The summed E-state index contributed by atoms with van der Waals surface area (Å²) in [5.74, 6) is -2.47. The molecule has 11 heteroatoms. The molecule has 0 unspecified atom stereocenters. The van der Waals surface area contributed by atoms with E-state index in [1.54, 1.807) is 34.4 Å². The first-order chi connectivity index (χ1) is 19.6. The van der Waals surface area contributed by atoms with Gasteiger partial charge in [0, 0.05) is 47.9 Å². The summed E-state index contributed by atoms with van der Waals surface area (Å²) in [4.78, 5) is 17.1. The Labute approximate surface area is 238 Å². The van der Waals surface area contributed by atoms with Crippen LogP contribution in [-0.2, 0) is 19.0 Å². The molecule has 0 radical (unpaired) electrons. The second-order valence-electron chi connectivity index (χ2n) is 11.2. The minimum absolute atomic E-state index is 0.253. The largest absolute Gasteiger partial charge is 0.377 e. The zero-order chi connectivity index (χ0) is 28.5. The van der Waals surface area contributed by atoms with Crippen molar-refractivity contribution in [2.24, 2.45) is 7.05 Å². The van der Waals surface area contributed by atoms with E-state index in [-0.39, 0.29) is 24.9 Å². The van der Waals surface area contributed by atoms with Crippen LogP contribution in [0.1, 0.15) is 54.2 Å². The molecule has 7 nitrogen and oxygen atoms in total. The Morgan fingerprint density at radius 2 is 1.95 bits per heavy atom. The van der Waals surface area contributed by atoms with Gasteiger partial charge in [-0.05, 0) is 66.3 Å². The molecule has 0 bridgehead atoms. The topological polar surface area (TPSA) is 80.5 Å². The minimum atomic E-state index is -2.81. The summed E-state index contributed by atoms with van der Waals surface area (Å²) in [6.07, 6.45) is 4.67. The van der Waals surface area contributed by atoms with Crippen molar-refractivity contribution >= 4 is 28.2 Å². The number of anilines is 1. The second-order valence-corrected chi connectivity index (χ2v) is 11.6. The van der Waals surface area contributed by atoms with Crippen molar-refractivity contribution in [3.63, 3.8) is 0 Å². The van der Waals surface area contributed by atoms with E-state index >= 15 is 0 Å². The van der Waals surface area contributed by atoms with Crippen LogP contribution in [0.15, 0.2) is 65.8 Å². The second kappa shape index (κ2) is 9.24. The van der Waals surface area contributed by atoms with Gasteiger partial charge in [0.15, 0.2) is 0 Å². The van der Waals surface area contributed by atoms with Gasteiger partial charge >= 0.3 is 0 Å². The highest BCUT2D eigenvalue weighted by atomic mass is 35.5. The molecular formula is C30H26ClF3N6O. The molecule has 2 aliphatic rings. The molecule has 2 N–H and O–H groups in total. The number of nitrogens with zero attached hydrogens (tertiary/aromatic N) is 4. The van der Waals surface area contributed by atoms with Crippen LogP contribution in [0.2, 0.25) is 5.02 Å². The standard InChI is InChI=1S/C30H26ClF3N6O/c1-39-16-36-38-28(39)29(14-30(33,34)15-29)18-3-2-4-21(9-18)40-13-23(17-5-6-17)22-11-20(37-26(22)27(40)41)12-35-25-8-7-19(31)10-24(25)32/h2-4,7-11,13,16-17,35,37H,5-6,12,14-15H2,1H3. The molecule has 41 heavy (non-hydrogen) atoms. The smallest absolute Gasteiger partial charge is 0.279 e. The van der Waals surface area contributed by atoms with Crippen LogP contribution in [-0.4, -0.2) is 30.2 Å². The van der Waals surface area contributed by atoms with Crippen LogP contribution < -0.4 is 10.9 Å². The molecule has 2 saturated carbocycles. The van der Waals surface area contributed by atoms with Gasteiger partial charge in [0.25, 0.3) is 11.5 Å². The lowest BCUT2D eigenvalue weighted by atomic mass is 9.61. The highest BCUT2D eigenvalue weighted by molar-refractivity contribution is 6.30. The number of rotatable bonds is 7. The number of H-pyrrole nitrogens is 1. The van der Waals surface area contributed by atoms with Gasteiger partial charge in [-0.2, -0.15) is 0 Å². The normalized spacial score (nSPS) is 17.5. The number of aryl methyl sites for hydroxylation is 1. The summed E-state index contributed by atoms with van der Waals surface area (Å²) in [6, 6.07) is 13.6. The molecule has 0 saturated heterocycles. The van der Waals surface area contributed by atoms with Crippen molar-refractivity contribution in [2.75, 3.05) is 5.32 Å². The Kier molecular flexibility index (Phi) is 5.83. The quantitative estimate of drug-likeness (QED) is 0.233. The highest BCUT2D eigenvalue weighted by Crippen LogP contribution is 2.56. The Balaban J connectivity index is 1.28. The van der Waals surface area contributed by atoms with Gasteiger partial charge in [-0.15, -0.1) is 10.2 Å². The van der Waals surface area contributed by atoms with E-state index in [1.165, 1.54) is 12.4 Å². The number of fused-ring (bicyclic) bond motifs is 1. The van der Waals surface area contributed by atoms with Crippen LogP contribution in [0.4, 0.5) is 18.9 Å². The van der Waals surface area contributed by atoms with Crippen molar-refractivity contribution in [1.82, 2.24) is 24.3 Å². The van der Waals surface area contributed by atoms with Crippen LogP contribution in [0.3, 0.4) is 0 Å². The zero-order valence-electron chi connectivity index (χ0n) is 22.1. The molecule has 0 atom stereocenters. The first kappa shape index (κ1) is 25.9. The Morgan fingerprint density at radius 1 is 1.15 bits per heavy atom. The van der Waals surface area contributed by atoms with Crippen molar-refractivity contribution in [3.8, 4) is 5.69 Å². The van der Waals surface area contributed by atoms with Gasteiger partial charge in [0.05, 0.1) is 17.6 Å². The van der Waals surface area contributed by atoms with E-state index in [0.29, 0.717) is 39.2 Å². The molecule has 2 fully saturated rings. The predicted octanol–water partition coefficient (Wildman–Crippen LogP) is 6.44. The predicted molar refractivity (Wildman–Crippen MR) is 151 cm³/mol. The number of pyridine rings is 1. The first-order valence-electron chi connectivity index (χ1n) is 13.4. The van der Waals surface area contributed by atoms with Gasteiger partial charge in [0.2, 0.25) is 0 Å². The first-order valence-corrected chi connectivity index (χ1v) is 13.8. The fourth-order valence-corrected chi connectivity index (χ4v) is 6.28. The average molecular weight is 579 g/mol. The average Bonchev–Trinajstić information content (AvgIpc) is 3.52. The van der Waals surface area contributed by atoms with E-state index in [9.17, 15) is 18.0 Å². The maximum Gasteiger partial charge on any atom is 0.279 e. The molecule has 3 heterocycles. The Morgan fingerprint density at radius 3 is 2.63 bits per heavy atom. The lowest BCUT2D eigenvalue weighted by molar-refractivity contribution is -0.116. The van der Waals surface area contributed by atoms with Gasteiger partial charge in [-0.25, -0.2) is 13.2 Å². The van der Waals surface area contributed by atoms with Crippen LogP contribution >= 0.6 is 11.6 Å². The maximum absolute atomic E-state index is 14.3. The third-order valence-electron chi connectivity index (χ3n) is 8.24. The maximum atomic E-state index is 14.3. The summed E-state index contributed by atoms with van der Waals surface area (Å²) < 4.78 is 46.2. The number of halogens is 4. The van der Waals surface area contributed by atoms with Gasteiger partial charge < -0.3 is 14.9 Å². The Hall–Kier alpha value is -4.05. The molecule has 2 aromatic carbocycles. The van der Waals surface area contributed by atoms with Crippen molar-refractivity contribution in [3.05, 3.63) is 105 Å². The summed E-state index contributed by atoms with van der Waals surface area (Å²) in [6.45, 7) is 0.278. The van der Waals surface area contributed by atoms with Crippen LogP contribution in [0.5, 0.6) is 0 Å². The minimum Gasteiger partial charge on any atom is -0.377 e. The SMILES string of the molecule is Cn1cnnc1C1(c2cccc(-n3cc(C4CC4)c4cc(CNc5ccc(Cl)cc5F)[nH]c4c3=O)c2)CC(F)(F)C1. The monoisotopic (exact) mass is 578 g/mol. The number of benzene rings is 2. The number of hydrogen-bond donors (Lipinski definition) is 2. The number of nitrogens with one attached hydrogen (secondary N) is 2. The third-order valence-corrected chi connectivity index (χ3v) is 8.48. The van der Waals surface area contributed by atoms with E-state index in [1.807, 2.05) is 30.5 Å². The molecule has 7 rings (SSSR count). The lowest BCUT2D eigenvalue weighted by Crippen LogP contribution is -2.51. The van der Waals surface area contributed by atoms with Gasteiger partial charge in [-0.1, -0.05) is 23.7 Å². The lowest BCUT2D eigenvalue weighted by Gasteiger charge is -2.46. The number of hydrogen-bond acceptors (Lipinski definition) is 4. The van der Waals surface area contributed by atoms with Crippen LogP contribution in [0, 0.1) is 5.82 Å². The van der Waals surface area contributed by atoms with Crippen molar-refractivity contribution < 1.29 is 13.2 Å². The molecule has 0 aliphatic heterocycles. The van der Waals surface area contributed by atoms with Crippen molar-refractivity contribution in [1.29, 1.82) is 0 Å². The van der Waals surface area contributed by atoms with Crippen LogP contribution in [0.25, 0.3) is 16.6 Å². The summed E-state index contributed by atoms with van der Waals surface area (Å²) in [7, 11) is 1.75. The van der Waals surface area contributed by atoms with E-state index in [2.05, 4.69) is 20.5 Å². The van der Waals surface area contributed by atoms with Gasteiger partial charge in [0.1, 0.15) is 23.5 Å².